The van der Waals surface area contributed by atoms with Crippen LogP contribution in [0.4, 0.5) is 0 Å². The van der Waals surface area contributed by atoms with Crippen molar-refractivity contribution in [1.29, 1.82) is 0 Å². The molecule has 2 aromatic heterocycles. The highest BCUT2D eigenvalue weighted by Crippen LogP contribution is 2.11. The van der Waals surface area contributed by atoms with E-state index in [1.54, 1.807) is 12.4 Å². The first kappa shape index (κ1) is 8.47. The SMILES string of the molecule is CC1=c2nc3nccnc3nc2=C(C)C1. The summed E-state index contributed by atoms with van der Waals surface area (Å²) in [5, 5.41) is 1.97. The standard InChI is InChI=1S/C11H10N4/c1-6-5-7(2)9-8(6)14-10-11(15-9)13-4-3-12-10/h3-4H,5H2,1-2H3. The van der Waals surface area contributed by atoms with Gasteiger partial charge in [0.2, 0.25) is 0 Å². The van der Waals surface area contributed by atoms with E-state index in [-0.39, 0.29) is 0 Å². The number of hydrogen-bond acceptors (Lipinski definition) is 4. The van der Waals surface area contributed by atoms with E-state index in [2.05, 4.69) is 33.8 Å². The average Bonchev–Trinajstić information content (AvgIpc) is 2.52. The molecule has 2 aromatic rings. The van der Waals surface area contributed by atoms with Crippen LogP contribution in [-0.4, -0.2) is 19.9 Å². The van der Waals surface area contributed by atoms with Gasteiger partial charge in [0.1, 0.15) is 0 Å². The first-order chi connectivity index (χ1) is 7.25. The van der Waals surface area contributed by atoms with Gasteiger partial charge < -0.3 is 0 Å². The van der Waals surface area contributed by atoms with Crippen LogP contribution in [0.25, 0.3) is 22.4 Å². The Balaban J connectivity index is 2.59. The first-order valence-corrected chi connectivity index (χ1v) is 4.90. The van der Waals surface area contributed by atoms with Crippen molar-refractivity contribution in [1.82, 2.24) is 19.9 Å². The van der Waals surface area contributed by atoms with Crippen molar-refractivity contribution in [2.45, 2.75) is 20.3 Å². The predicted octanol–water partition coefficient (Wildman–Crippen LogP) is 0.165. The number of fused-ring (bicyclic) bond motifs is 2. The smallest absolute Gasteiger partial charge is 0.198 e. The van der Waals surface area contributed by atoms with Crippen LogP contribution in [0.3, 0.4) is 0 Å². The van der Waals surface area contributed by atoms with Crippen LogP contribution in [0.2, 0.25) is 0 Å². The zero-order valence-corrected chi connectivity index (χ0v) is 8.65. The fourth-order valence-corrected chi connectivity index (χ4v) is 1.96. The highest BCUT2D eigenvalue weighted by atomic mass is 15.0. The highest BCUT2D eigenvalue weighted by molar-refractivity contribution is 5.68. The summed E-state index contributed by atoms with van der Waals surface area (Å²) >= 11 is 0. The number of rotatable bonds is 0. The summed E-state index contributed by atoms with van der Waals surface area (Å²) in [6.07, 6.45) is 4.25. The van der Waals surface area contributed by atoms with Gasteiger partial charge >= 0.3 is 0 Å². The zero-order valence-electron chi connectivity index (χ0n) is 8.65. The molecule has 0 spiro atoms. The molecular formula is C11H10N4. The minimum Gasteiger partial charge on any atom is -0.232 e. The predicted molar refractivity (Wildman–Crippen MR) is 57.2 cm³/mol. The largest absolute Gasteiger partial charge is 0.232 e. The lowest BCUT2D eigenvalue weighted by Crippen LogP contribution is -2.31. The van der Waals surface area contributed by atoms with Gasteiger partial charge in [-0.2, -0.15) is 0 Å². The summed E-state index contributed by atoms with van der Waals surface area (Å²) in [6.45, 7) is 4.18. The Morgan fingerprint density at radius 1 is 0.867 bits per heavy atom. The van der Waals surface area contributed by atoms with Crippen molar-refractivity contribution in [2.75, 3.05) is 0 Å². The third-order valence-electron chi connectivity index (χ3n) is 2.66. The van der Waals surface area contributed by atoms with Crippen LogP contribution in [0.15, 0.2) is 12.4 Å². The molecule has 0 unspecified atom stereocenters. The molecule has 74 valence electrons. The second kappa shape index (κ2) is 2.82. The van der Waals surface area contributed by atoms with Crippen molar-refractivity contribution in [3.8, 4) is 0 Å². The summed E-state index contributed by atoms with van der Waals surface area (Å²) in [7, 11) is 0. The van der Waals surface area contributed by atoms with Crippen molar-refractivity contribution >= 4 is 22.4 Å². The molecule has 0 fully saturated rings. The molecule has 0 radical (unpaired) electrons. The minimum atomic E-state index is 0.630. The van der Waals surface area contributed by atoms with E-state index in [0.29, 0.717) is 11.3 Å². The van der Waals surface area contributed by atoms with Gasteiger partial charge in [0.05, 0.1) is 10.7 Å². The van der Waals surface area contributed by atoms with E-state index in [9.17, 15) is 0 Å². The molecule has 0 aliphatic heterocycles. The lowest BCUT2D eigenvalue weighted by Gasteiger charge is -1.93. The van der Waals surface area contributed by atoms with Gasteiger partial charge in [-0.3, -0.25) is 0 Å². The second-order valence-electron chi connectivity index (χ2n) is 3.86. The van der Waals surface area contributed by atoms with Crippen LogP contribution >= 0.6 is 0 Å². The molecule has 1 aliphatic carbocycles. The van der Waals surface area contributed by atoms with Crippen LogP contribution in [0, 0.1) is 0 Å². The van der Waals surface area contributed by atoms with Gasteiger partial charge in [0.25, 0.3) is 0 Å². The second-order valence-corrected chi connectivity index (χ2v) is 3.86. The van der Waals surface area contributed by atoms with Crippen LogP contribution in [-0.2, 0) is 0 Å². The van der Waals surface area contributed by atoms with E-state index in [1.807, 2.05) is 0 Å². The Morgan fingerprint density at radius 2 is 1.33 bits per heavy atom. The molecule has 0 aromatic carbocycles. The Morgan fingerprint density at radius 3 is 1.80 bits per heavy atom. The Bertz CT molecular complexity index is 614. The van der Waals surface area contributed by atoms with Crippen molar-refractivity contribution in [2.24, 2.45) is 0 Å². The molecule has 0 saturated heterocycles. The fourth-order valence-electron chi connectivity index (χ4n) is 1.96. The Labute approximate surface area is 86.4 Å². The van der Waals surface area contributed by atoms with Crippen LogP contribution in [0.1, 0.15) is 20.3 Å². The summed E-state index contributed by atoms with van der Waals surface area (Å²) in [6, 6.07) is 0. The summed E-state index contributed by atoms with van der Waals surface area (Å²) in [4.78, 5) is 17.3. The third kappa shape index (κ3) is 1.14. The Kier molecular flexibility index (Phi) is 1.59. The quantitative estimate of drug-likeness (QED) is 0.605. The van der Waals surface area contributed by atoms with Crippen molar-refractivity contribution < 1.29 is 0 Å². The monoisotopic (exact) mass is 198 g/mol. The van der Waals surface area contributed by atoms with E-state index >= 15 is 0 Å². The molecule has 3 rings (SSSR count). The zero-order chi connectivity index (χ0) is 10.4. The van der Waals surface area contributed by atoms with E-state index < -0.39 is 0 Å². The number of nitrogens with zero attached hydrogens (tertiary/aromatic N) is 4. The molecule has 0 amide bonds. The molecular weight excluding hydrogens is 188 g/mol. The molecule has 0 atom stereocenters. The van der Waals surface area contributed by atoms with Crippen LogP contribution in [0.5, 0.6) is 0 Å². The molecule has 0 bridgehead atoms. The van der Waals surface area contributed by atoms with Gasteiger partial charge in [0.15, 0.2) is 11.3 Å². The number of hydrogen-bond donors (Lipinski definition) is 0. The van der Waals surface area contributed by atoms with E-state index in [0.717, 1.165) is 17.1 Å². The molecule has 0 N–H and O–H groups in total. The fraction of sp³-hybridized carbons (Fsp3) is 0.273. The lowest BCUT2D eigenvalue weighted by atomic mass is 10.2. The molecule has 0 saturated carbocycles. The summed E-state index contributed by atoms with van der Waals surface area (Å²) in [5.74, 6) is 0. The summed E-state index contributed by atoms with van der Waals surface area (Å²) < 4.78 is 0. The van der Waals surface area contributed by atoms with Gasteiger partial charge in [-0.15, -0.1) is 0 Å². The van der Waals surface area contributed by atoms with Crippen LogP contribution < -0.4 is 10.7 Å². The third-order valence-corrected chi connectivity index (χ3v) is 2.66. The van der Waals surface area contributed by atoms with Crippen molar-refractivity contribution in [3.05, 3.63) is 23.1 Å². The normalized spacial score (nSPS) is 14.8. The van der Waals surface area contributed by atoms with Gasteiger partial charge in [-0.25, -0.2) is 19.9 Å². The van der Waals surface area contributed by atoms with Gasteiger partial charge in [-0.1, -0.05) is 0 Å². The van der Waals surface area contributed by atoms with E-state index in [4.69, 9.17) is 0 Å². The number of aromatic nitrogens is 4. The minimum absolute atomic E-state index is 0.630. The van der Waals surface area contributed by atoms with Crippen molar-refractivity contribution in [3.63, 3.8) is 0 Å². The molecule has 15 heavy (non-hydrogen) atoms. The average molecular weight is 198 g/mol. The molecule has 4 heteroatoms. The summed E-state index contributed by atoms with van der Waals surface area (Å²) in [5.41, 5.74) is 3.79. The van der Waals surface area contributed by atoms with E-state index in [1.165, 1.54) is 11.1 Å². The molecule has 4 nitrogen and oxygen atoms in total. The maximum Gasteiger partial charge on any atom is 0.198 e. The first-order valence-electron chi connectivity index (χ1n) is 4.90. The van der Waals surface area contributed by atoms with Gasteiger partial charge in [0, 0.05) is 12.4 Å². The maximum atomic E-state index is 4.49. The molecule has 2 heterocycles. The Hall–Kier alpha value is -1.84. The highest BCUT2D eigenvalue weighted by Gasteiger charge is 2.10. The van der Waals surface area contributed by atoms with Gasteiger partial charge in [-0.05, 0) is 31.4 Å². The topological polar surface area (TPSA) is 51.6 Å². The molecule has 1 aliphatic rings. The lowest BCUT2D eigenvalue weighted by molar-refractivity contribution is 1.09. The maximum absolute atomic E-state index is 4.49.